The molecule has 6 heteroatoms. The molecule has 0 aliphatic carbocycles. The van der Waals surface area contributed by atoms with Crippen molar-refractivity contribution < 1.29 is 19.1 Å². The Bertz CT molecular complexity index is 754. The highest BCUT2D eigenvalue weighted by Gasteiger charge is 2.21. The minimum atomic E-state index is -0.908. The van der Waals surface area contributed by atoms with Gasteiger partial charge < -0.3 is 14.8 Å². The highest BCUT2D eigenvalue weighted by molar-refractivity contribution is 7.14. The molecule has 0 saturated carbocycles. The number of carbonyl (C=O) groups excluding carboxylic acids is 2. The molecule has 1 heterocycles. The van der Waals surface area contributed by atoms with E-state index in [4.69, 9.17) is 9.47 Å². The van der Waals surface area contributed by atoms with Crippen LogP contribution >= 0.6 is 11.3 Å². The molecule has 2 rings (SSSR count). The number of benzene rings is 1. The Morgan fingerprint density at radius 2 is 2.00 bits per heavy atom. The fourth-order valence-electron chi connectivity index (χ4n) is 2.39. The highest BCUT2D eigenvalue weighted by atomic mass is 32.1. The normalized spacial score (nSPS) is 11.7. The summed E-state index contributed by atoms with van der Waals surface area (Å²) in [5.41, 5.74) is 1.70. The van der Waals surface area contributed by atoms with Crippen molar-refractivity contribution in [2.45, 2.75) is 39.7 Å². The molecule has 0 aliphatic heterocycles. The monoisotopic (exact) mass is 361 g/mol. The fourth-order valence-corrected chi connectivity index (χ4v) is 3.35. The number of anilines is 1. The SMILES string of the molecule is CCCc1cc(C(=O)O[C@@H](C)C(=O)Nc2ccccc2OC)sc1C. The van der Waals surface area contributed by atoms with Crippen LogP contribution in [-0.4, -0.2) is 25.1 Å². The Hall–Kier alpha value is -2.34. The molecule has 1 aromatic carbocycles. The summed E-state index contributed by atoms with van der Waals surface area (Å²) in [5, 5.41) is 2.72. The zero-order valence-corrected chi connectivity index (χ0v) is 15.7. The van der Waals surface area contributed by atoms with Crippen molar-refractivity contribution in [3.63, 3.8) is 0 Å². The van der Waals surface area contributed by atoms with E-state index in [-0.39, 0.29) is 0 Å². The summed E-state index contributed by atoms with van der Waals surface area (Å²) >= 11 is 1.40. The third-order valence-electron chi connectivity index (χ3n) is 3.76. The van der Waals surface area contributed by atoms with Crippen molar-refractivity contribution in [3.05, 3.63) is 45.6 Å². The average Bonchev–Trinajstić information content (AvgIpc) is 2.96. The van der Waals surface area contributed by atoms with E-state index < -0.39 is 18.0 Å². The molecule has 2 aromatic rings. The molecule has 0 saturated heterocycles. The maximum Gasteiger partial charge on any atom is 0.349 e. The van der Waals surface area contributed by atoms with Crippen LogP contribution in [0.5, 0.6) is 5.75 Å². The van der Waals surface area contributed by atoms with Crippen LogP contribution in [0.1, 0.15) is 40.4 Å². The smallest absolute Gasteiger partial charge is 0.349 e. The van der Waals surface area contributed by atoms with Crippen LogP contribution in [0, 0.1) is 6.92 Å². The molecule has 0 aliphatic rings. The maximum atomic E-state index is 12.3. The third-order valence-corrected chi connectivity index (χ3v) is 4.83. The molecule has 1 aromatic heterocycles. The summed E-state index contributed by atoms with van der Waals surface area (Å²) in [6.07, 6.45) is 1.04. The van der Waals surface area contributed by atoms with Gasteiger partial charge in [0.1, 0.15) is 10.6 Å². The number of methoxy groups -OCH3 is 1. The summed E-state index contributed by atoms with van der Waals surface area (Å²) in [5.74, 6) is -0.328. The van der Waals surface area contributed by atoms with Crippen LogP contribution in [0.3, 0.4) is 0 Å². The number of nitrogens with one attached hydrogen (secondary N) is 1. The number of carbonyl (C=O) groups is 2. The van der Waals surface area contributed by atoms with Gasteiger partial charge in [0.05, 0.1) is 12.8 Å². The lowest BCUT2D eigenvalue weighted by molar-refractivity contribution is -0.123. The van der Waals surface area contributed by atoms with Crippen LogP contribution < -0.4 is 10.1 Å². The summed E-state index contributed by atoms with van der Waals surface area (Å²) in [4.78, 5) is 26.2. The molecular formula is C19H23NO4S. The number of hydrogen-bond acceptors (Lipinski definition) is 5. The van der Waals surface area contributed by atoms with Gasteiger partial charge in [-0.2, -0.15) is 0 Å². The van der Waals surface area contributed by atoms with Gasteiger partial charge in [0, 0.05) is 4.88 Å². The molecule has 0 fully saturated rings. The average molecular weight is 361 g/mol. The van der Waals surface area contributed by atoms with Crippen LogP contribution in [0.15, 0.2) is 30.3 Å². The van der Waals surface area contributed by atoms with Crippen molar-refractivity contribution in [3.8, 4) is 5.75 Å². The van der Waals surface area contributed by atoms with E-state index >= 15 is 0 Å². The topological polar surface area (TPSA) is 64.6 Å². The Labute approximate surface area is 152 Å². The van der Waals surface area contributed by atoms with Gasteiger partial charge in [-0.1, -0.05) is 25.5 Å². The number of amides is 1. The van der Waals surface area contributed by atoms with Crippen molar-refractivity contribution in [1.82, 2.24) is 0 Å². The molecule has 5 nitrogen and oxygen atoms in total. The second kappa shape index (κ2) is 8.67. The first-order valence-corrected chi connectivity index (χ1v) is 9.02. The Balaban J connectivity index is 2.00. The number of ether oxygens (including phenoxy) is 2. The van der Waals surface area contributed by atoms with Gasteiger partial charge >= 0.3 is 5.97 Å². The van der Waals surface area contributed by atoms with E-state index in [0.717, 1.165) is 23.3 Å². The fraction of sp³-hybridized carbons (Fsp3) is 0.368. The van der Waals surface area contributed by atoms with Crippen molar-refractivity contribution in [2.75, 3.05) is 12.4 Å². The van der Waals surface area contributed by atoms with Gasteiger partial charge in [0.25, 0.3) is 5.91 Å². The first kappa shape index (κ1) is 19.0. The van der Waals surface area contributed by atoms with Crippen molar-refractivity contribution >= 4 is 28.9 Å². The lowest BCUT2D eigenvalue weighted by Crippen LogP contribution is -2.29. The standard InChI is InChI=1S/C19H23NO4S/c1-5-8-14-11-17(25-13(14)3)19(22)24-12(2)18(21)20-15-9-6-7-10-16(15)23-4/h6-7,9-12H,5,8H2,1-4H3,(H,20,21)/t12-/m0/s1. The zero-order valence-electron chi connectivity index (χ0n) is 14.9. The van der Waals surface area contributed by atoms with E-state index in [9.17, 15) is 9.59 Å². The van der Waals surface area contributed by atoms with Crippen LogP contribution in [-0.2, 0) is 16.0 Å². The maximum absolute atomic E-state index is 12.3. The lowest BCUT2D eigenvalue weighted by Gasteiger charge is -2.14. The van der Waals surface area contributed by atoms with E-state index in [1.807, 2.05) is 19.1 Å². The minimum absolute atomic E-state index is 0.403. The number of aryl methyl sites for hydroxylation is 2. The second-order valence-electron chi connectivity index (χ2n) is 5.68. The highest BCUT2D eigenvalue weighted by Crippen LogP contribution is 2.25. The summed E-state index contributed by atoms with van der Waals surface area (Å²) in [7, 11) is 1.53. The molecule has 0 bridgehead atoms. The largest absolute Gasteiger partial charge is 0.495 e. The molecule has 0 unspecified atom stereocenters. The van der Waals surface area contributed by atoms with E-state index in [0.29, 0.717) is 16.3 Å². The quantitative estimate of drug-likeness (QED) is 0.751. The van der Waals surface area contributed by atoms with Gasteiger partial charge in [-0.3, -0.25) is 4.79 Å². The lowest BCUT2D eigenvalue weighted by atomic mass is 10.1. The van der Waals surface area contributed by atoms with Gasteiger partial charge in [-0.25, -0.2) is 4.79 Å². The van der Waals surface area contributed by atoms with E-state index in [1.165, 1.54) is 18.4 Å². The molecule has 25 heavy (non-hydrogen) atoms. The number of para-hydroxylation sites is 2. The first-order chi connectivity index (χ1) is 12.0. The van der Waals surface area contributed by atoms with Crippen LogP contribution in [0.4, 0.5) is 5.69 Å². The van der Waals surface area contributed by atoms with Crippen molar-refractivity contribution in [1.29, 1.82) is 0 Å². The Morgan fingerprint density at radius 3 is 2.68 bits per heavy atom. The molecule has 1 atom stereocenters. The molecular weight excluding hydrogens is 338 g/mol. The zero-order chi connectivity index (χ0) is 18.4. The van der Waals surface area contributed by atoms with E-state index in [2.05, 4.69) is 12.2 Å². The minimum Gasteiger partial charge on any atom is -0.495 e. The molecule has 1 N–H and O–H groups in total. The number of rotatable bonds is 7. The summed E-state index contributed by atoms with van der Waals surface area (Å²) < 4.78 is 10.5. The summed E-state index contributed by atoms with van der Waals surface area (Å²) in [6.45, 7) is 5.64. The Morgan fingerprint density at radius 1 is 1.28 bits per heavy atom. The van der Waals surface area contributed by atoms with Crippen LogP contribution in [0.2, 0.25) is 0 Å². The number of esters is 1. The van der Waals surface area contributed by atoms with Gasteiger partial charge in [0.2, 0.25) is 0 Å². The van der Waals surface area contributed by atoms with Crippen LogP contribution in [0.25, 0.3) is 0 Å². The third kappa shape index (κ3) is 4.82. The molecule has 1 amide bonds. The first-order valence-electron chi connectivity index (χ1n) is 8.20. The summed E-state index contributed by atoms with van der Waals surface area (Å²) in [6, 6.07) is 8.93. The molecule has 0 radical (unpaired) electrons. The van der Waals surface area contributed by atoms with Gasteiger partial charge in [-0.05, 0) is 44.0 Å². The number of thiophene rings is 1. The van der Waals surface area contributed by atoms with Crippen molar-refractivity contribution in [2.24, 2.45) is 0 Å². The Kier molecular flexibility index (Phi) is 6.58. The predicted molar refractivity (Wildman–Crippen MR) is 99.6 cm³/mol. The molecule has 0 spiro atoms. The second-order valence-corrected chi connectivity index (χ2v) is 6.94. The molecule has 134 valence electrons. The van der Waals surface area contributed by atoms with Gasteiger partial charge in [0.15, 0.2) is 6.10 Å². The van der Waals surface area contributed by atoms with Gasteiger partial charge in [-0.15, -0.1) is 11.3 Å². The number of hydrogen-bond donors (Lipinski definition) is 1. The van der Waals surface area contributed by atoms with E-state index in [1.54, 1.807) is 25.1 Å². The predicted octanol–water partition coefficient (Wildman–Crippen LogP) is 4.20.